The van der Waals surface area contributed by atoms with Crippen LogP contribution in [-0.2, 0) is 11.3 Å². The molecule has 0 atom stereocenters. The van der Waals surface area contributed by atoms with Gasteiger partial charge in [0, 0.05) is 17.0 Å². The molecule has 0 bridgehead atoms. The molecule has 3 rings (SSSR count). The van der Waals surface area contributed by atoms with Crippen molar-refractivity contribution >= 4 is 17.8 Å². The Morgan fingerprint density at radius 2 is 1.87 bits per heavy atom. The number of nitrogens with one attached hydrogen (secondary N) is 1. The first-order valence-corrected chi connectivity index (χ1v) is 7.57. The molecule has 5 nitrogen and oxygen atoms in total. The van der Waals surface area contributed by atoms with Gasteiger partial charge in [-0.2, -0.15) is 5.10 Å². The minimum absolute atomic E-state index is 0.424. The molecule has 1 aromatic heterocycles. The normalized spacial score (nSPS) is 11.0. The maximum atomic E-state index is 5.82. The van der Waals surface area contributed by atoms with E-state index in [2.05, 4.69) is 20.3 Å². The van der Waals surface area contributed by atoms with Gasteiger partial charge in [0.25, 0.3) is 0 Å². The predicted molar refractivity (Wildman–Crippen MR) is 90.5 cm³/mol. The third kappa shape index (κ3) is 4.40. The highest BCUT2D eigenvalue weighted by molar-refractivity contribution is 6.30. The molecule has 0 fully saturated rings. The molecule has 23 heavy (non-hydrogen) atoms. The summed E-state index contributed by atoms with van der Waals surface area (Å²) in [7, 11) is 0. The van der Waals surface area contributed by atoms with Gasteiger partial charge in [-0.1, -0.05) is 59.2 Å². The Hall–Kier alpha value is -2.66. The maximum absolute atomic E-state index is 5.82. The minimum Gasteiger partial charge on any atom is -0.395 e. The molecular weight excluding hydrogens is 312 g/mol. The first kappa shape index (κ1) is 15.2. The van der Waals surface area contributed by atoms with Gasteiger partial charge in [0.05, 0.1) is 6.21 Å². The van der Waals surface area contributed by atoms with Crippen LogP contribution in [-0.4, -0.2) is 28.0 Å². The van der Waals surface area contributed by atoms with Crippen molar-refractivity contribution < 1.29 is 4.84 Å². The van der Waals surface area contributed by atoms with E-state index in [-0.39, 0.29) is 0 Å². The molecule has 0 saturated carbocycles. The van der Waals surface area contributed by atoms with Gasteiger partial charge in [0.15, 0.2) is 5.82 Å². The van der Waals surface area contributed by atoms with Crippen LogP contribution in [0.4, 0.5) is 0 Å². The first-order chi connectivity index (χ1) is 11.3. The minimum atomic E-state index is 0.424. The summed E-state index contributed by atoms with van der Waals surface area (Å²) in [6, 6.07) is 17.2. The first-order valence-electron chi connectivity index (χ1n) is 7.19. The molecule has 0 aliphatic heterocycles. The lowest BCUT2D eigenvalue weighted by atomic mass is 10.2. The molecule has 0 radical (unpaired) electrons. The molecule has 0 spiro atoms. The molecule has 2 aromatic carbocycles. The van der Waals surface area contributed by atoms with E-state index in [1.807, 2.05) is 54.6 Å². The highest BCUT2D eigenvalue weighted by Gasteiger charge is 2.05. The zero-order valence-corrected chi connectivity index (χ0v) is 13.1. The smallest absolute Gasteiger partial charge is 0.181 e. The summed E-state index contributed by atoms with van der Waals surface area (Å²) in [6.45, 7) is 0.424. The van der Waals surface area contributed by atoms with Gasteiger partial charge in [-0.3, -0.25) is 5.10 Å². The monoisotopic (exact) mass is 326 g/mol. The molecule has 0 unspecified atom stereocenters. The van der Waals surface area contributed by atoms with Crippen molar-refractivity contribution in [2.75, 3.05) is 6.61 Å². The van der Waals surface area contributed by atoms with Crippen LogP contribution < -0.4 is 0 Å². The second-order valence-electron chi connectivity index (χ2n) is 4.84. The lowest BCUT2D eigenvalue weighted by molar-refractivity contribution is 0.148. The van der Waals surface area contributed by atoms with Gasteiger partial charge >= 0.3 is 0 Å². The highest BCUT2D eigenvalue weighted by Crippen LogP contribution is 2.13. The van der Waals surface area contributed by atoms with Crippen LogP contribution in [0.2, 0.25) is 5.02 Å². The van der Waals surface area contributed by atoms with Crippen molar-refractivity contribution in [1.29, 1.82) is 0 Å². The largest absolute Gasteiger partial charge is 0.395 e. The van der Waals surface area contributed by atoms with Gasteiger partial charge < -0.3 is 4.84 Å². The van der Waals surface area contributed by atoms with Crippen LogP contribution >= 0.6 is 11.6 Å². The van der Waals surface area contributed by atoms with Gasteiger partial charge in [-0.25, -0.2) is 4.98 Å². The number of oxime groups is 1. The Balaban J connectivity index is 1.48. The summed E-state index contributed by atoms with van der Waals surface area (Å²) in [5, 5.41) is 11.7. The van der Waals surface area contributed by atoms with Crippen LogP contribution in [0.5, 0.6) is 0 Å². The number of nitrogens with zero attached hydrogens (tertiary/aromatic N) is 3. The predicted octanol–water partition coefficient (Wildman–Crippen LogP) is 3.72. The summed E-state index contributed by atoms with van der Waals surface area (Å²) < 4.78 is 0. The zero-order chi connectivity index (χ0) is 15.9. The lowest BCUT2D eigenvalue weighted by Gasteiger charge is -1.97. The average Bonchev–Trinajstić information content (AvgIpc) is 3.06. The van der Waals surface area contributed by atoms with E-state index >= 15 is 0 Å². The summed E-state index contributed by atoms with van der Waals surface area (Å²) in [4.78, 5) is 9.67. The van der Waals surface area contributed by atoms with Crippen molar-refractivity contribution in [3.63, 3.8) is 0 Å². The molecule has 0 saturated heterocycles. The van der Waals surface area contributed by atoms with E-state index in [0.717, 1.165) is 17.0 Å². The summed E-state index contributed by atoms with van der Waals surface area (Å²) in [6.07, 6.45) is 2.25. The summed E-state index contributed by atoms with van der Waals surface area (Å²) in [5.74, 6) is 1.45. The number of H-pyrrole nitrogens is 1. The van der Waals surface area contributed by atoms with Crippen molar-refractivity contribution in [3.05, 3.63) is 71.0 Å². The summed E-state index contributed by atoms with van der Waals surface area (Å²) in [5.41, 5.74) is 1.91. The quantitative estimate of drug-likeness (QED) is 0.426. The van der Waals surface area contributed by atoms with Gasteiger partial charge in [0.1, 0.15) is 12.4 Å². The second-order valence-corrected chi connectivity index (χ2v) is 5.28. The van der Waals surface area contributed by atoms with Crippen LogP contribution in [0.1, 0.15) is 11.4 Å². The number of hydrogen-bond acceptors (Lipinski definition) is 4. The molecular formula is C17H15ClN4O. The molecule has 6 heteroatoms. The Morgan fingerprint density at radius 3 is 2.65 bits per heavy atom. The SMILES string of the molecule is Clc1ccc(/C=N\OCCc2nc(-c3ccccc3)n[nH]2)cc1. The van der Waals surface area contributed by atoms with Gasteiger partial charge in [-0.15, -0.1) is 0 Å². The van der Waals surface area contributed by atoms with Gasteiger partial charge in [-0.05, 0) is 17.7 Å². The van der Waals surface area contributed by atoms with Crippen LogP contribution in [0.15, 0.2) is 59.8 Å². The van der Waals surface area contributed by atoms with Crippen molar-refractivity contribution in [2.45, 2.75) is 6.42 Å². The number of rotatable bonds is 6. The standard InChI is InChI=1S/C17H15ClN4O/c18-15-8-6-13(7-9-15)12-19-23-11-10-16-20-17(22-21-16)14-4-2-1-3-5-14/h1-9,12H,10-11H2,(H,20,21,22)/b19-12-. The fraction of sp³-hybridized carbons (Fsp3) is 0.118. The number of halogens is 1. The Kier molecular flexibility index (Phi) is 5.01. The molecule has 1 N–H and O–H groups in total. The number of aromatic nitrogens is 3. The van der Waals surface area contributed by atoms with E-state index < -0.39 is 0 Å². The Bertz CT molecular complexity index is 769. The van der Waals surface area contributed by atoms with E-state index in [4.69, 9.17) is 16.4 Å². The lowest BCUT2D eigenvalue weighted by Crippen LogP contribution is -1.96. The number of benzene rings is 2. The van der Waals surface area contributed by atoms with Gasteiger partial charge in [0.2, 0.25) is 0 Å². The Labute approximate surface area is 139 Å². The maximum Gasteiger partial charge on any atom is 0.181 e. The number of aromatic amines is 1. The highest BCUT2D eigenvalue weighted by atomic mass is 35.5. The molecule has 116 valence electrons. The van der Waals surface area contributed by atoms with E-state index in [9.17, 15) is 0 Å². The van der Waals surface area contributed by atoms with Crippen LogP contribution in [0.25, 0.3) is 11.4 Å². The van der Waals surface area contributed by atoms with E-state index in [1.165, 1.54) is 0 Å². The van der Waals surface area contributed by atoms with E-state index in [0.29, 0.717) is 23.9 Å². The third-order valence-corrected chi connectivity index (χ3v) is 3.39. The van der Waals surface area contributed by atoms with Crippen molar-refractivity contribution in [1.82, 2.24) is 15.2 Å². The van der Waals surface area contributed by atoms with E-state index in [1.54, 1.807) is 6.21 Å². The van der Waals surface area contributed by atoms with Crippen LogP contribution in [0.3, 0.4) is 0 Å². The second kappa shape index (κ2) is 7.56. The number of hydrogen-bond donors (Lipinski definition) is 1. The summed E-state index contributed by atoms with van der Waals surface area (Å²) >= 11 is 5.82. The average molecular weight is 327 g/mol. The molecule has 0 aliphatic rings. The van der Waals surface area contributed by atoms with Crippen LogP contribution in [0, 0.1) is 0 Å². The topological polar surface area (TPSA) is 63.2 Å². The molecule has 0 aliphatic carbocycles. The molecule has 1 heterocycles. The zero-order valence-electron chi connectivity index (χ0n) is 12.3. The van der Waals surface area contributed by atoms with Crippen molar-refractivity contribution in [3.8, 4) is 11.4 Å². The van der Waals surface area contributed by atoms with Crippen molar-refractivity contribution in [2.24, 2.45) is 5.16 Å². The fourth-order valence-electron chi connectivity index (χ4n) is 1.97. The molecule has 3 aromatic rings. The molecule has 0 amide bonds. The Morgan fingerprint density at radius 1 is 1.09 bits per heavy atom. The third-order valence-electron chi connectivity index (χ3n) is 3.14. The fourth-order valence-corrected chi connectivity index (χ4v) is 2.09.